The van der Waals surface area contributed by atoms with E-state index in [1.807, 2.05) is 6.92 Å². The normalized spacial score (nSPS) is 21.1. The van der Waals surface area contributed by atoms with Crippen LogP contribution < -0.4 is 11.3 Å². The fourth-order valence-corrected chi connectivity index (χ4v) is 2.17. The molecule has 0 aromatic carbocycles. The molecule has 0 radical (unpaired) electrons. The standard InChI is InChI=1S/C10H20N2O/c1-8(10(13)12-11)7-9-5-3-2-4-6-9/h8-9H,2-7,11H2,1H3,(H,12,13). The molecule has 0 saturated heterocycles. The van der Waals surface area contributed by atoms with Gasteiger partial charge in [0.25, 0.3) is 0 Å². The van der Waals surface area contributed by atoms with Crippen LogP contribution in [0.2, 0.25) is 0 Å². The molecule has 1 amide bonds. The van der Waals surface area contributed by atoms with Gasteiger partial charge in [-0.1, -0.05) is 39.0 Å². The molecule has 0 aromatic heterocycles. The first-order valence-electron chi connectivity index (χ1n) is 5.24. The van der Waals surface area contributed by atoms with Crippen LogP contribution >= 0.6 is 0 Å². The second-order valence-electron chi connectivity index (χ2n) is 4.15. The number of amides is 1. The Hall–Kier alpha value is -0.570. The van der Waals surface area contributed by atoms with Gasteiger partial charge in [-0.05, 0) is 12.3 Å². The number of carbonyl (C=O) groups is 1. The fraction of sp³-hybridized carbons (Fsp3) is 0.900. The molecule has 1 aliphatic rings. The van der Waals surface area contributed by atoms with Crippen LogP contribution in [0.1, 0.15) is 45.4 Å². The summed E-state index contributed by atoms with van der Waals surface area (Å²) in [5, 5.41) is 0. The van der Waals surface area contributed by atoms with Crippen LogP contribution in [-0.4, -0.2) is 5.91 Å². The minimum Gasteiger partial charge on any atom is -0.294 e. The van der Waals surface area contributed by atoms with Crippen LogP contribution in [0.25, 0.3) is 0 Å². The summed E-state index contributed by atoms with van der Waals surface area (Å²) in [6.07, 6.45) is 7.63. The van der Waals surface area contributed by atoms with Crippen LogP contribution in [0, 0.1) is 11.8 Å². The van der Waals surface area contributed by atoms with Crippen LogP contribution in [-0.2, 0) is 4.79 Å². The molecule has 0 spiro atoms. The zero-order chi connectivity index (χ0) is 9.68. The Labute approximate surface area is 80.0 Å². The quantitative estimate of drug-likeness (QED) is 0.397. The van der Waals surface area contributed by atoms with Gasteiger partial charge in [-0.2, -0.15) is 0 Å². The number of nitrogens with one attached hydrogen (secondary N) is 1. The van der Waals surface area contributed by atoms with Gasteiger partial charge in [-0.25, -0.2) is 5.84 Å². The average molecular weight is 184 g/mol. The number of hydrogen-bond acceptors (Lipinski definition) is 2. The van der Waals surface area contributed by atoms with E-state index in [9.17, 15) is 4.79 Å². The molecule has 0 aromatic rings. The zero-order valence-corrected chi connectivity index (χ0v) is 8.38. The summed E-state index contributed by atoms with van der Waals surface area (Å²) in [5.41, 5.74) is 2.22. The summed E-state index contributed by atoms with van der Waals surface area (Å²) in [4.78, 5) is 11.1. The molecule has 0 heterocycles. The third-order valence-electron chi connectivity index (χ3n) is 3.00. The topological polar surface area (TPSA) is 55.1 Å². The van der Waals surface area contributed by atoms with E-state index < -0.39 is 0 Å². The Bertz CT molecular complexity index is 164. The third kappa shape index (κ3) is 3.35. The van der Waals surface area contributed by atoms with Crippen LogP contribution in [0.4, 0.5) is 0 Å². The minimum atomic E-state index is -0.0226. The Kier molecular flexibility index (Phi) is 4.22. The predicted octanol–water partition coefficient (Wildman–Crippen LogP) is 1.58. The fourth-order valence-electron chi connectivity index (χ4n) is 2.17. The summed E-state index contributed by atoms with van der Waals surface area (Å²) in [6.45, 7) is 1.96. The van der Waals surface area contributed by atoms with Gasteiger partial charge in [-0.3, -0.25) is 10.2 Å². The second kappa shape index (κ2) is 5.22. The lowest BCUT2D eigenvalue weighted by Gasteiger charge is -2.23. The molecular formula is C10H20N2O. The molecule has 3 nitrogen and oxygen atoms in total. The monoisotopic (exact) mass is 184 g/mol. The second-order valence-corrected chi connectivity index (χ2v) is 4.15. The van der Waals surface area contributed by atoms with Gasteiger partial charge >= 0.3 is 0 Å². The average Bonchev–Trinajstić information content (AvgIpc) is 2.18. The summed E-state index contributed by atoms with van der Waals surface area (Å²) in [5.74, 6) is 5.88. The van der Waals surface area contributed by atoms with E-state index >= 15 is 0 Å². The number of carbonyl (C=O) groups excluding carboxylic acids is 1. The molecule has 3 N–H and O–H groups in total. The van der Waals surface area contributed by atoms with Crippen molar-refractivity contribution in [3.05, 3.63) is 0 Å². The summed E-state index contributed by atoms with van der Waals surface area (Å²) < 4.78 is 0. The molecule has 1 unspecified atom stereocenters. The van der Waals surface area contributed by atoms with Crippen molar-refractivity contribution in [2.45, 2.75) is 45.4 Å². The van der Waals surface area contributed by atoms with Crippen molar-refractivity contribution < 1.29 is 4.79 Å². The highest BCUT2D eigenvalue weighted by molar-refractivity contribution is 5.77. The molecule has 0 aliphatic heterocycles. The summed E-state index contributed by atoms with van der Waals surface area (Å²) in [6, 6.07) is 0. The van der Waals surface area contributed by atoms with Crippen molar-refractivity contribution in [2.24, 2.45) is 17.7 Å². The molecule has 76 valence electrons. The van der Waals surface area contributed by atoms with E-state index in [-0.39, 0.29) is 11.8 Å². The van der Waals surface area contributed by atoms with E-state index in [0.29, 0.717) is 0 Å². The van der Waals surface area contributed by atoms with E-state index in [0.717, 1.165) is 12.3 Å². The van der Waals surface area contributed by atoms with E-state index in [1.54, 1.807) is 0 Å². The molecule has 3 heteroatoms. The van der Waals surface area contributed by atoms with E-state index in [2.05, 4.69) is 5.43 Å². The largest absolute Gasteiger partial charge is 0.294 e. The number of nitrogens with two attached hydrogens (primary N) is 1. The molecule has 1 rings (SSSR count). The smallest absolute Gasteiger partial charge is 0.236 e. The molecule has 1 aliphatic carbocycles. The highest BCUT2D eigenvalue weighted by Crippen LogP contribution is 2.28. The van der Waals surface area contributed by atoms with Crippen LogP contribution in [0.3, 0.4) is 0 Å². The SMILES string of the molecule is CC(CC1CCCCC1)C(=O)NN. The van der Waals surface area contributed by atoms with Gasteiger partial charge in [0, 0.05) is 5.92 Å². The lowest BCUT2D eigenvalue weighted by atomic mass is 9.83. The molecular weight excluding hydrogens is 164 g/mol. The number of rotatable bonds is 3. The van der Waals surface area contributed by atoms with Gasteiger partial charge in [0.2, 0.25) is 5.91 Å². The first kappa shape index (κ1) is 10.5. The maximum atomic E-state index is 11.1. The van der Waals surface area contributed by atoms with Crippen molar-refractivity contribution in [3.8, 4) is 0 Å². The van der Waals surface area contributed by atoms with Gasteiger partial charge in [-0.15, -0.1) is 0 Å². The van der Waals surface area contributed by atoms with Crippen molar-refractivity contribution >= 4 is 5.91 Å². The lowest BCUT2D eigenvalue weighted by molar-refractivity contribution is -0.125. The van der Waals surface area contributed by atoms with Crippen LogP contribution in [0.5, 0.6) is 0 Å². The summed E-state index contributed by atoms with van der Waals surface area (Å²) in [7, 11) is 0. The molecule has 0 bridgehead atoms. The third-order valence-corrected chi connectivity index (χ3v) is 3.00. The van der Waals surface area contributed by atoms with Gasteiger partial charge in [0.1, 0.15) is 0 Å². The predicted molar refractivity (Wildman–Crippen MR) is 52.7 cm³/mol. The highest BCUT2D eigenvalue weighted by Gasteiger charge is 2.19. The van der Waals surface area contributed by atoms with Gasteiger partial charge < -0.3 is 0 Å². The van der Waals surface area contributed by atoms with Gasteiger partial charge in [0.15, 0.2) is 0 Å². The lowest BCUT2D eigenvalue weighted by Crippen LogP contribution is -2.35. The Balaban J connectivity index is 2.25. The van der Waals surface area contributed by atoms with Crippen molar-refractivity contribution in [1.29, 1.82) is 0 Å². The van der Waals surface area contributed by atoms with E-state index in [4.69, 9.17) is 5.84 Å². The minimum absolute atomic E-state index is 0.0226. The maximum Gasteiger partial charge on any atom is 0.236 e. The molecule has 1 atom stereocenters. The molecule has 13 heavy (non-hydrogen) atoms. The van der Waals surface area contributed by atoms with Crippen molar-refractivity contribution in [1.82, 2.24) is 5.43 Å². The molecule has 1 saturated carbocycles. The number of hydrazine groups is 1. The van der Waals surface area contributed by atoms with Crippen molar-refractivity contribution in [3.63, 3.8) is 0 Å². The molecule has 1 fully saturated rings. The number of hydrogen-bond donors (Lipinski definition) is 2. The Morgan fingerprint density at radius 2 is 2.08 bits per heavy atom. The van der Waals surface area contributed by atoms with Gasteiger partial charge in [0.05, 0.1) is 0 Å². The Morgan fingerprint density at radius 3 is 2.62 bits per heavy atom. The first-order chi connectivity index (χ1) is 6.24. The first-order valence-corrected chi connectivity index (χ1v) is 5.24. The summed E-state index contributed by atoms with van der Waals surface area (Å²) >= 11 is 0. The zero-order valence-electron chi connectivity index (χ0n) is 8.38. The Morgan fingerprint density at radius 1 is 1.46 bits per heavy atom. The van der Waals surface area contributed by atoms with E-state index in [1.165, 1.54) is 32.1 Å². The maximum absolute atomic E-state index is 11.1. The van der Waals surface area contributed by atoms with Crippen LogP contribution in [0.15, 0.2) is 0 Å². The van der Waals surface area contributed by atoms with Crippen molar-refractivity contribution in [2.75, 3.05) is 0 Å². The highest BCUT2D eigenvalue weighted by atomic mass is 16.2.